The lowest BCUT2D eigenvalue weighted by atomic mass is 9.69. The topological polar surface area (TPSA) is 116 Å². The maximum Gasteiger partial charge on any atom is 0.310 e. The van der Waals surface area contributed by atoms with Gasteiger partial charge in [-0.25, -0.2) is 5.84 Å². The second-order valence-corrected chi connectivity index (χ2v) is 12.6. The smallest absolute Gasteiger partial charge is 0.310 e. The lowest BCUT2D eigenvalue weighted by Gasteiger charge is -2.34. The molecule has 0 aliphatic carbocycles. The van der Waals surface area contributed by atoms with Gasteiger partial charge >= 0.3 is 5.97 Å². The Morgan fingerprint density at radius 2 is 1.85 bits per heavy atom. The Balaban J connectivity index is 2.07. The third-order valence-corrected chi connectivity index (χ3v) is 8.07. The molecule has 0 saturated carbocycles. The Morgan fingerprint density at radius 1 is 1.18 bits per heavy atom. The molecule has 0 radical (unpaired) electrons. The van der Waals surface area contributed by atoms with Crippen molar-refractivity contribution in [3.05, 3.63) is 58.1 Å². The van der Waals surface area contributed by atoms with Gasteiger partial charge in [0.25, 0.3) is 0 Å². The second kappa shape index (κ2) is 11.6. The number of amides is 1. The molecule has 0 aromatic heterocycles. The van der Waals surface area contributed by atoms with E-state index < -0.39 is 17.3 Å². The molecule has 1 saturated heterocycles. The van der Waals surface area contributed by atoms with Crippen LogP contribution < -0.4 is 16.6 Å². The van der Waals surface area contributed by atoms with Crippen LogP contribution in [0.1, 0.15) is 74.8 Å². The molecule has 1 atom stereocenters. The number of anilines is 2. The minimum atomic E-state index is -1.11. The van der Waals surface area contributed by atoms with Gasteiger partial charge in [0.2, 0.25) is 5.91 Å². The molecule has 39 heavy (non-hydrogen) atoms. The van der Waals surface area contributed by atoms with Crippen molar-refractivity contribution in [3.8, 4) is 0 Å². The standard InChI is InChI=1S/C31H47N5O3/c1-9-14-36-19-30(4,5)18-35(17-26(36)37)16-23-15-22(11-10-20(23)2)27(31(6,7)29(38)39)24-12-13-25(34(8)33)28(32)21(24)3/h10-13,15,27H,9,14,16-19,32-33H2,1-8H3,(H,38,39). The highest BCUT2D eigenvalue weighted by atomic mass is 16.4. The van der Waals surface area contributed by atoms with Crippen LogP contribution >= 0.6 is 0 Å². The van der Waals surface area contributed by atoms with Gasteiger partial charge < -0.3 is 20.7 Å². The number of carbonyl (C=O) groups excluding carboxylic acids is 1. The number of carboxylic acids is 1. The van der Waals surface area contributed by atoms with Gasteiger partial charge in [0.05, 0.1) is 23.3 Å². The molecule has 2 aromatic carbocycles. The van der Waals surface area contributed by atoms with Crippen molar-refractivity contribution in [3.63, 3.8) is 0 Å². The van der Waals surface area contributed by atoms with Crippen molar-refractivity contribution < 1.29 is 14.7 Å². The molecule has 0 bridgehead atoms. The van der Waals surface area contributed by atoms with E-state index in [2.05, 4.69) is 44.7 Å². The number of carboxylic acid groups (broad SMARTS) is 1. The first-order chi connectivity index (χ1) is 18.1. The summed E-state index contributed by atoms with van der Waals surface area (Å²) in [7, 11) is 1.73. The molecule has 214 valence electrons. The molecule has 8 nitrogen and oxygen atoms in total. The van der Waals surface area contributed by atoms with E-state index in [9.17, 15) is 14.7 Å². The number of hydrazine groups is 1. The molecular weight excluding hydrogens is 490 g/mol. The van der Waals surface area contributed by atoms with E-state index in [1.807, 2.05) is 30.0 Å². The molecule has 8 heteroatoms. The number of nitrogen functional groups attached to an aromatic ring is 1. The van der Waals surface area contributed by atoms with Crippen molar-refractivity contribution in [2.24, 2.45) is 16.7 Å². The third kappa shape index (κ3) is 6.56. The fourth-order valence-corrected chi connectivity index (χ4v) is 5.93. The summed E-state index contributed by atoms with van der Waals surface area (Å²) < 4.78 is 0. The number of aliphatic carboxylic acids is 1. The van der Waals surface area contributed by atoms with Crippen molar-refractivity contribution in [2.75, 3.05) is 44.0 Å². The first kappa shape index (κ1) is 30.4. The molecule has 1 unspecified atom stereocenters. The number of benzene rings is 2. The summed E-state index contributed by atoms with van der Waals surface area (Å²) in [5.74, 6) is 4.80. The fraction of sp³-hybridized carbons (Fsp3) is 0.548. The number of hydrogen-bond donors (Lipinski definition) is 3. The van der Waals surface area contributed by atoms with E-state index in [0.717, 1.165) is 53.9 Å². The molecule has 1 heterocycles. The van der Waals surface area contributed by atoms with Gasteiger partial charge in [0, 0.05) is 39.1 Å². The number of rotatable bonds is 9. The normalized spacial score (nSPS) is 17.2. The Morgan fingerprint density at radius 3 is 2.44 bits per heavy atom. The predicted octanol–water partition coefficient (Wildman–Crippen LogP) is 4.52. The van der Waals surface area contributed by atoms with Crippen LogP contribution in [0.5, 0.6) is 0 Å². The number of aryl methyl sites for hydroxylation is 1. The number of carbonyl (C=O) groups is 2. The lowest BCUT2D eigenvalue weighted by molar-refractivity contribution is -0.147. The summed E-state index contributed by atoms with van der Waals surface area (Å²) in [4.78, 5) is 29.9. The number of hydrogen-bond acceptors (Lipinski definition) is 6. The molecule has 5 N–H and O–H groups in total. The Hall–Kier alpha value is -3.10. The van der Waals surface area contributed by atoms with Crippen LogP contribution in [0.15, 0.2) is 30.3 Å². The van der Waals surface area contributed by atoms with Gasteiger partial charge in [0.15, 0.2) is 0 Å². The van der Waals surface area contributed by atoms with Crippen molar-refractivity contribution >= 4 is 23.3 Å². The van der Waals surface area contributed by atoms with Gasteiger partial charge in [-0.15, -0.1) is 0 Å². The van der Waals surface area contributed by atoms with Crippen LogP contribution in [0.2, 0.25) is 0 Å². The fourth-order valence-electron chi connectivity index (χ4n) is 5.93. The first-order valence-corrected chi connectivity index (χ1v) is 13.8. The van der Waals surface area contributed by atoms with E-state index in [1.165, 1.54) is 5.01 Å². The van der Waals surface area contributed by atoms with Crippen LogP contribution in [0, 0.1) is 24.7 Å². The Kier molecular flexibility index (Phi) is 9.02. The van der Waals surface area contributed by atoms with E-state index in [0.29, 0.717) is 24.5 Å². The van der Waals surface area contributed by atoms with Gasteiger partial charge in [-0.05, 0) is 73.4 Å². The van der Waals surface area contributed by atoms with E-state index in [4.69, 9.17) is 11.6 Å². The van der Waals surface area contributed by atoms with E-state index in [1.54, 1.807) is 20.9 Å². The SMILES string of the molecule is CCCN1CC(C)(C)CN(Cc2cc(C(c3ccc(N(C)N)c(N)c3C)C(C)(C)C(=O)O)ccc2C)CC1=O. The lowest BCUT2D eigenvalue weighted by Crippen LogP contribution is -2.38. The summed E-state index contributed by atoms with van der Waals surface area (Å²) in [6, 6.07) is 10.00. The highest BCUT2D eigenvalue weighted by Gasteiger charge is 2.40. The number of nitrogens with zero attached hydrogens (tertiary/aromatic N) is 3. The largest absolute Gasteiger partial charge is 0.481 e. The van der Waals surface area contributed by atoms with E-state index >= 15 is 0 Å². The first-order valence-electron chi connectivity index (χ1n) is 13.8. The quantitative estimate of drug-likeness (QED) is 0.245. The zero-order valence-electron chi connectivity index (χ0n) is 25.0. The van der Waals surface area contributed by atoms with Gasteiger partial charge in [0.1, 0.15) is 0 Å². The number of nitrogens with two attached hydrogens (primary N) is 2. The molecule has 1 fully saturated rings. The zero-order valence-corrected chi connectivity index (χ0v) is 25.0. The average molecular weight is 538 g/mol. The monoisotopic (exact) mass is 537 g/mol. The van der Waals surface area contributed by atoms with Crippen LogP contribution in [-0.2, 0) is 16.1 Å². The maximum absolute atomic E-state index is 13.1. The van der Waals surface area contributed by atoms with Gasteiger partial charge in [-0.2, -0.15) is 0 Å². The highest BCUT2D eigenvalue weighted by Crippen LogP contribution is 2.45. The van der Waals surface area contributed by atoms with Crippen molar-refractivity contribution in [2.45, 2.75) is 67.3 Å². The van der Waals surface area contributed by atoms with Crippen LogP contribution in [-0.4, -0.2) is 60.0 Å². The van der Waals surface area contributed by atoms with Crippen molar-refractivity contribution in [1.29, 1.82) is 0 Å². The summed E-state index contributed by atoms with van der Waals surface area (Å²) in [6.45, 7) is 17.4. The second-order valence-electron chi connectivity index (χ2n) is 12.6. The third-order valence-electron chi connectivity index (χ3n) is 8.07. The summed E-state index contributed by atoms with van der Waals surface area (Å²) in [6.07, 6.45) is 0.941. The minimum Gasteiger partial charge on any atom is -0.481 e. The average Bonchev–Trinajstić information content (AvgIpc) is 2.93. The Bertz CT molecular complexity index is 1220. The maximum atomic E-state index is 13.1. The van der Waals surface area contributed by atoms with Gasteiger partial charge in [-0.3, -0.25) is 14.5 Å². The van der Waals surface area contributed by atoms with Gasteiger partial charge in [-0.1, -0.05) is 45.0 Å². The molecule has 3 rings (SSSR count). The van der Waals surface area contributed by atoms with Crippen LogP contribution in [0.3, 0.4) is 0 Å². The summed E-state index contributed by atoms with van der Waals surface area (Å²) in [5, 5.41) is 11.8. The Labute approximate surface area is 233 Å². The molecule has 0 spiro atoms. The predicted molar refractivity (Wildman–Crippen MR) is 159 cm³/mol. The highest BCUT2D eigenvalue weighted by molar-refractivity contribution is 5.79. The van der Waals surface area contributed by atoms with E-state index in [-0.39, 0.29) is 11.3 Å². The van der Waals surface area contributed by atoms with Crippen molar-refractivity contribution in [1.82, 2.24) is 9.80 Å². The summed E-state index contributed by atoms with van der Waals surface area (Å²) >= 11 is 0. The summed E-state index contributed by atoms with van der Waals surface area (Å²) in [5.41, 5.74) is 11.4. The molecule has 1 aliphatic rings. The minimum absolute atomic E-state index is 0.0345. The zero-order chi connectivity index (χ0) is 29.3. The molecule has 1 aliphatic heterocycles. The molecular formula is C31H47N5O3. The molecule has 1 amide bonds. The molecule has 2 aromatic rings. The van der Waals surface area contributed by atoms with Crippen LogP contribution in [0.25, 0.3) is 0 Å². The van der Waals surface area contributed by atoms with Crippen LogP contribution in [0.4, 0.5) is 11.4 Å².